The highest BCUT2D eigenvalue weighted by Crippen LogP contribution is 2.50. The molecule has 5 heteroatoms. The second-order valence-corrected chi connectivity index (χ2v) is 8.10. The molecule has 1 spiro atoms. The van der Waals surface area contributed by atoms with Gasteiger partial charge in [-0.1, -0.05) is 27.7 Å². The van der Waals surface area contributed by atoms with Crippen molar-refractivity contribution in [2.24, 2.45) is 5.41 Å². The van der Waals surface area contributed by atoms with E-state index in [9.17, 15) is 5.21 Å². The van der Waals surface area contributed by atoms with E-state index >= 15 is 0 Å². The van der Waals surface area contributed by atoms with Crippen molar-refractivity contribution in [2.75, 3.05) is 19.5 Å². The molecule has 0 radical (unpaired) electrons. The van der Waals surface area contributed by atoms with Crippen molar-refractivity contribution in [3.63, 3.8) is 0 Å². The Morgan fingerprint density at radius 1 is 0.875 bits per heavy atom. The normalized spacial score (nSPS) is 27.4. The topological polar surface area (TPSA) is 41.9 Å². The fourth-order valence-corrected chi connectivity index (χ4v) is 4.33. The molecule has 0 amide bonds. The predicted molar refractivity (Wildman–Crippen MR) is 103 cm³/mol. The molecule has 2 aliphatic rings. The first kappa shape index (κ1) is 22.2. The van der Waals surface area contributed by atoms with Gasteiger partial charge < -0.3 is 14.7 Å². The van der Waals surface area contributed by atoms with Crippen molar-refractivity contribution in [3.8, 4) is 0 Å². The van der Waals surface area contributed by atoms with E-state index in [-0.39, 0.29) is 16.5 Å². The molecule has 0 bridgehead atoms. The molecule has 1 N–H and O–H groups in total. The lowest BCUT2D eigenvalue weighted by molar-refractivity contribution is -0.378. The zero-order valence-electron chi connectivity index (χ0n) is 16.8. The highest BCUT2D eigenvalue weighted by molar-refractivity contribution is 7.79. The number of hydroxylamine groups is 2. The summed E-state index contributed by atoms with van der Waals surface area (Å²) in [6, 6.07) is 0. The highest BCUT2D eigenvalue weighted by Gasteiger charge is 2.58. The van der Waals surface area contributed by atoms with Gasteiger partial charge in [0.25, 0.3) is 0 Å². The summed E-state index contributed by atoms with van der Waals surface area (Å²) < 4.78 is 12.8. The molecule has 24 heavy (non-hydrogen) atoms. The van der Waals surface area contributed by atoms with Crippen molar-refractivity contribution in [1.82, 2.24) is 5.06 Å². The van der Waals surface area contributed by atoms with E-state index in [1.807, 2.05) is 0 Å². The summed E-state index contributed by atoms with van der Waals surface area (Å²) >= 11 is 3.53. The van der Waals surface area contributed by atoms with Crippen LogP contribution < -0.4 is 0 Å². The van der Waals surface area contributed by atoms with E-state index in [2.05, 4.69) is 54.2 Å². The van der Waals surface area contributed by atoms with Gasteiger partial charge in [0.1, 0.15) is 0 Å². The Balaban J connectivity index is 0.00000139. The van der Waals surface area contributed by atoms with E-state index in [0.29, 0.717) is 6.42 Å². The minimum absolute atomic E-state index is 0.160. The molecule has 2 fully saturated rings. The third kappa shape index (κ3) is 3.96. The smallest absolute Gasteiger partial charge is 0.172 e. The molecule has 2 rings (SSSR count). The molecule has 0 aromatic carbocycles. The molecule has 2 aliphatic heterocycles. The van der Waals surface area contributed by atoms with Crippen molar-refractivity contribution in [1.29, 1.82) is 0 Å². The van der Waals surface area contributed by atoms with Crippen molar-refractivity contribution in [2.45, 2.75) is 96.9 Å². The van der Waals surface area contributed by atoms with Gasteiger partial charge in [-0.2, -0.15) is 17.7 Å². The van der Waals surface area contributed by atoms with Gasteiger partial charge >= 0.3 is 0 Å². The standard InChI is InChI=1S/C18H35NO3.CH4S/c1-7-16(8-2)13-21-18(22-14-16)11-15(5,6)19(20)17(9-3,10-4)12-18;1-2/h20H,7-14H2,1-6H3;2H,1H3. The Hall–Kier alpha value is 0.190. The van der Waals surface area contributed by atoms with Crippen LogP contribution in [0.4, 0.5) is 0 Å². The SMILES string of the molecule is CCC1(CC)COC2(CC(C)(C)N(O)C(CC)(CC)C2)OC1.CS. The van der Waals surface area contributed by atoms with Gasteiger partial charge in [0.2, 0.25) is 0 Å². The zero-order valence-corrected chi connectivity index (χ0v) is 17.7. The second kappa shape index (κ2) is 8.26. The van der Waals surface area contributed by atoms with E-state index in [0.717, 1.165) is 45.3 Å². The van der Waals surface area contributed by atoms with E-state index in [1.54, 1.807) is 11.3 Å². The van der Waals surface area contributed by atoms with Crippen LogP contribution in [0.2, 0.25) is 0 Å². The molecule has 2 heterocycles. The van der Waals surface area contributed by atoms with Gasteiger partial charge in [0.05, 0.1) is 18.8 Å². The summed E-state index contributed by atoms with van der Waals surface area (Å²) in [6.07, 6.45) is 7.11. The first-order valence-corrected chi connectivity index (χ1v) is 10.3. The molecule has 0 unspecified atom stereocenters. The number of thiol groups is 1. The number of rotatable bonds is 4. The van der Waals surface area contributed by atoms with Gasteiger partial charge in [-0.15, -0.1) is 0 Å². The molecule has 0 aliphatic carbocycles. The monoisotopic (exact) mass is 361 g/mol. The highest BCUT2D eigenvalue weighted by atomic mass is 32.1. The number of piperidine rings is 1. The molecule has 0 aromatic rings. The summed E-state index contributed by atoms with van der Waals surface area (Å²) in [5.74, 6) is -0.539. The molecular formula is C19H39NO3S. The summed E-state index contributed by atoms with van der Waals surface area (Å²) in [4.78, 5) is 0. The summed E-state index contributed by atoms with van der Waals surface area (Å²) in [5, 5.41) is 12.4. The lowest BCUT2D eigenvalue weighted by Crippen LogP contribution is -2.68. The van der Waals surface area contributed by atoms with Crippen LogP contribution in [0.3, 0.4) is 0 Å². The second-order valence-electron chi connectivity index (χ2n) is 8.10. The molecular weight excluding hydrogens is 322 g/mol. The fraction of sp³-hybridized carbons (Fsp3) is 1.00. The Morgan fingerprint density at radius 2 is 1.33 bits per heavy atom. The zero-order chi connectivity index (χ0) is 18.6. The first-order valence-electron chi connectivity index (χ1n) is 9.44. The van der Waals surface area contributed by atoms with Crippen LogP contribution in [0.15, 0.2) is 0 Å². The third-order valence-corrected chi connectivity index (χ3v) is 6.42. The average Bonchev–Trinajstić information content (AvgIpc) is 2.61. The quantitative estimate of drug-likeness (QED) is 0.699. The van der Waals surface area contributed by atoms with Crippen LogP contribution in [-0.4, -0.2) is 46.6 Å². The van der Waals surface area contributed by atoms with Crippen LogP contribution in [-0.2, 0) is 9.47 Å². The molecule has 2 saturated heterocycles. The molecule has 0 atom stereocenters. The van der Waals surface area contributed by atoms with Crippen LogP contribution >= 0.6 is 12.6 Å². The predicted octanol–water partition coefficient (Wildman–Crippen LogP) is 4.90. The number of hydrogen-bond acceptors (Lipinski definition) is 5. The van der Waals surface area contributed by atoms with Crippen molar-refractivity contribution >= 4 is 12.6 Å². The largest absolute Gasteiger partial charge is 0.349 e. The van der Waals surface area contributed by atoms with Gasteiger partial charge in [-0.25, -0.2) is 0 Å². The molecule has 4 nitrogen and oxygen atoms in total. The maximum absolute atomic E-state index is 10.8. The first-order chi connectivity index (χ1) is 11.2. The molecule has 0 saturated carbocycles. The number of ether oxygens (including phenoxy) is 2. The molecule has 144 valence electrons. The van der Waals surface area contributed by atoms with Crippen LogP contribution in [0.25, 0.3) is 0 Å². The Kier molecular flexibility index (Phi) is 7.65. The number of hydrogen-bond donors (Lipinski definition) is 2. The van der Waals surface area contributed by atoms with Crippen molar-refractivity contribution < 1.29 is 14.7 Å². The van der Waals surface area contributed by atoms with Crippen LogP contribution in [0, 0.1) is 5.41 Å². The third-order valence-electron chi connectivity index (χ3n) is 6.42. The Labute approximate surface area is 154 Å². The van der Waals surface area contributed by atoms with E-state index < -0.39 is 5.79 Å². The Morgan fingerprint density at radius 3 is 1.71 bits per heavy atom. The van der Waals surface area contributed by atoms with Crippen molar-refractivity contribution in [3.05, 3.63) is 0 Å². The minimum atomic E-state index is -0.539. The average molecular weight is 362 g/mol. The van der Waals surface area contributed by atoms with Crippen LogP contribution in [0.5, 0.6) is 0 Å². The maximum atomic E-state index is 10.8. The van der Waals surface area contributed by atoms with Gasteiger partial charge in [0.15, 0.2) is 5.79 Å². The van der Waals surface area contributed by atoms with Crippen LogP contribution in [0.1, 0.15) is 80.1 Å². The van der Waals surface area contributed by atoms with E-state index in [1.165, 1.54) is 0 Å². The summed E-state index contributed by atoms with van der Waals surface area (Å²) in [7, 11) is 0. The minimum Gasteiger partial charge on any atom is -0.349 e. The molecule has 0 aromatic heterocycles. The van der Waals surface area contributed by atoms with E-state index in [4.69, 9.17) is 9.47 Å². The summed E-state index contributed by atoms with van der Waals surface area (Å²) in [6.45, 7) is 14.4. The lowest BCUT2D eigenvalue weighted by atomic mass is 9.72. The van der Waals surface area contributed by atoms with Gasteiger partial charge in [0, 0.05) is 23.8 Å². The Bertz CT molecular complexity index is 382. The van der Waals surface area contributed by atoms with Gasteiger partial charge in [-0.3, -0.25) is 0 Å². The summed E-state index contributed by atoms with van der Waals surface area (Å²) in [5.41, 5.74) is -0.449. The maximum Gasteiger partial charge on any atom is 0.172 e. The fourth-order valence-electron chi connectivity index (χ4n) is 4.33. The lowest BCUT2D eigenvalue weighted by Gasteiger charge is -2.60. The van der Waals surface area contributed by atoms with Gasteiger partial charge in [-0.05, 0) is 45.8 Å². The number of nitrogens with zero attached hydrogens (tertiary/aromatic N) is 1.